The lowest BCUT2D eigenvalue weighted by Gasteiger charge is -2.24. The van der Waals surface area contributed by atoms with Crippen LogP contribution in [0.4, 0.5) is 0 Å². The molecule has 0 saturated heterocycles. The van der Waals surface area contributed by atoms with E-state index in [9.17, 15) is 0 Å². The monoisotopic (exact) mass is 239 g/mol. The Kier molecular flexibility index (Phi) is 5.41. The predicted molar refractivity (Wildman–Crippen MR) is 67.0 cm³/mol. The van der Waals surface area contributed by atoms with E-state index in [1.165, 1.54) is 0 Å². The fraction of sp³-hybridized carbons (Fsp3) is 0.538. The van der Waals surface area contributed by atoms with E-state index < -0.39 is 5.41 Å². The van der Waals surface area contributed by atoms with Gasteiger partial charge in [0.25, 0.3) is 0 Å². The Labute approximate surface area is 102 Å². The zero-order valence-electron chi connectivity index (χ0n) is 10.4. The molecular weight excluding hydrogens is 218 g/mol. The van der Waals surface area contributed by atoms with Crippen molar-refractivity contribution in [3.05, 3.63) is 29.8 Å². The summed E-state index contributed by atoms with van der Waals surface area (Å²) in [6.07, 6.45) is 0. The van der Waals surface area contributed by atoms with Crippen molar-refractivity contribution < 1.29 is 14.9 Å². The Morgan fingerprint density at radius 3 is 2.24 bits per heavy atom. The van der Waals surface area contributed by atoms with E-state index in [0.717, 1.165) is 11.3 Å². The van der Waals surface area contributed by atoms with E-state index in [1.807, 2.05) is 31.2 Å². The first-order valence-electron chi connectivity index (χ1n) is 5.69. The van der Waals surface area contributed by atoms with Gasteiger partial charge in [-0.2, -0.15) is 0 Å². The van der Waals surface area contributed by atoms with E-state index in [0.29, 0.717) is 13.1 Å². The average Bonchev–Trinajstić information content (AvgIpc) is 2.39. The Balaban J connectivity index is 2.40. The molecule has 0 aliphatic rings. The van der Waals surface area contributed by atoms with Gasteiger partial charge in [-0.1, -0.05) is 19.1 Å². The van der Waals surface area contributed by atoms with Gasteiger partial charge >= 0.3 is 0 Å². The minimum Gasteiger partial charge on any atom is -0.497 e. The highest BCUT2D eigenvalue weighted by molar-refractivity contribution is 5.26. The summed E-state index contributed by atoms with van der Waals surface area (Å²) < 4.78 is 5.08. The van der Waals surface area contributed by atoms with E-state index in [1.54, 1.807) is 7.11 Å². The van der Waals surface area contributed by atoms with Crippen molar-refractivity contribution in [2.24, 2.45) is 5.41 Å². The lowest BCUT2D eigenvalue weighted by atomic mass is 9.93. The molecule has 0 unspecified atom stereocenters. The quantitative estimate of drug-likeness (QED) is 0.658. The smallest absolute Gasteiger partial charge is 0.118 e. The maximum absolute atomic E-state index is 9.13. The molecule has 0 aliphatic carbocycles. The number of nitrogens with one attached hydrogen (secondary N) is 1. The van der Waals surface area contributed by atoms with Crippen LogP contribution in [0.15, 0.2) is 24.3 Å². The summed E-state index contributed by atoms with van der Waals surface area (Å²) in [7, 11) is 1.64. The maximum atomic E-state index is 9.13. The molecule has 1 rings (SSSR count). The Bertz CT molecular complexity index is 320. The standard InChI is InChI=1S/C13H21NO3/c1-13(9-15,10-16)8-14-7-11-3-5-12(17-2)6-4-11/h3-6,14-16H,7-10H2,1-2H3. The largest absolute Gasteiger partial charge is 0.497 e. The molecule has 3 N–H and O–H groups in total. The van der Waals surface area contributed by atoms with Crippen LogP contribution in [0.25, 0.3) is 0 Å². The van der Waals surface area contributed by atoms with Gasteiger partial charge in [-0.3, -0.25) is 0 Å². The molecule has 0 bridgehead atoms. The Morgan fingerprint density at radius 1 is 1.18 bits per heavy atom. The third-order valence-corrected chi connectivity index (χ3v) is 2.80. The van der Waals surface area contributed by atoms with Crippen LogP contribution in [0.3, 0.4) is 0 Å². The normalized spacial score (nSPS) is 11.5. The van der Waals surface area contributed by atoms with Gasteiger partial charge < -0.3 is 20.3 Å². The third-order valence-electron chi connectivity index (χ3n) is 2.80. The number of aliphatic hydroxyl groups excluding tert-OH is 2. The molecule has 0 saturated carbocycles. The SMILES string of the molecule is COc1ccc(CNCC(C)(CO)CO)cc1. The fourth-order valence-corrected chi connectivity index (χ4v) is 1.41. The first-order valence-corrected chi connectivity index (χ1v) is 5.69. The average molecular weight is 239 g/mol. The Morgan fingerprint density at radius 2 is 1.76 bits per heavy atom. The molecule has 0 aliphatic heterocycles. The van der Waals surface area contributed by atoms with Gasteiger partial charge in [0.1, 0.15) is 5.75 Å². The second kappa shape index (κ2) is 6.59. The number of hydrogen-bond donors (Lipinski definition) is 3. The van der Waals surface area contributed by atoms with E-state index in [4.69, 9.17) is 14.9 Å². The van der Waals surface area contributed by atoms with E-state index in [2.05, 4.69) is 5.32 Å². The topological polar surface area (TPSA) is 61.7 Å². The van der Waals surface area contributed by atoms with Crippen molar-refractivity contribution in [3.63, 3.8) is 0 Å². The molecule has 4 nitrogen and oxygen atoms in total. The van der Waals surface area contributed by atoms with Crippen LogP contribution in [0, 0.1) is 5.41 Å². The number of benzene rings is 1. The number of rotatable bonds is 7. The maximum Gasteiger partial charge on any atom is 0.118 e. The van der Waals surface area contributed by atoms with Crippen LogP contribution in [0.1, 0.15) is 12.5 Å². The van der Waals surface area contributed by atoms with Gasteiger partial charge in [-0.15, -0.1) is 0 Å². The van der Waals surface area contributed by atoms with Crippen LogP contribution in [-0.2, 0) is 6.54 Å². The van der Waals surface area contributed by atoms with Crippen molar-refractivity contribution in [1.82, 2.24) is 5.32 Å². The zero-order valence-corrected chi connectivity index (χ0v) is 10.4. The van der Waals surface area contributed by atoms with Gasteiger partial charge in [0.2, 0.25) is 0 Å². The van der Waals surface area contributed by atoms with Gasteiger partial charge in [-0.05, 0) is 17.7 Å². The van der Waals surface area contributed by atoms with E-state index in [-0.39, 0.29) is 13.2 Å². The first-order chi connectivity index (χ1) is 8.13. The lowest BCUT2D eigenvalue weighted by Crippen LogP contribution is -2.37. The summed E-state index contributed by atoms with van der Waals surface area (Å²) in [5, 5.41) is 21.5. The summed E-state index contributed by atoms with van der Waals surface area (Å²) in [5.74, 6) is 0.837. The van der Waals surface area contributed by atoms with Crippen molar-refractivity contribution in [1.29, 1.82) is 0 Å². The molecule has 96 valence electrons. The summed E-state index contributed by atoms with van der Waals surface area (Å²) in [6.45, 7) is 3.07. The molecule has 1 aromatic rings. The molecule has 0 aromatic heterocycles. The molecule has 0 radical (unpaired) electrons. The first kappa shape index (κ1) is 14.0. The highest BCUT2D eigenvalue weighted by Gasteiger charge is 2.21. The van der Waals surface area contributed by atoms with Crippen molar-refractivity contribution in [2.45, 2.75) is 13.5 Å². The summed E-state index contributed by atoms with van der Waals surface area (Å²) in [4.78, 5) is 0. The summed E-state index contributed by atoms with van der Waals surface area (Å²) in [5.41, 5.74) is 0.677. The summed E-state index contributed by atoms with van der Waals surface area (Å²) in [6, 6.07) is 7.80. The molecule has 0 spiro atoms. The molecule has 17 heavy (non-hydrogen) atoms. The fourth-order valence-electron chi connectivity index (χ4n) is 1.41. The minimum absolute atomic E-state index is 0.0287. The van der Waals surface area contributed by atoms with Crippen LogP contribution >= 0.6 is 0 Å². The third kappa shape index (κ3) is 4.34. The van der Waals surface area contributed by atoms with Crippen LogP contribution in [0.5, 0.6) is 5.75 Å². The molecule has 0 amide bonds. The molecule has 0 atom stereocenters. The van der Waals surface area contributed by atoms with Gasteiger partial charge in [-0.25, -0.2) is 0 Å². The van der Waals surface area contributed by atoms with Crippen molar-refractivity contribution in [2.75, 3.05) is 26.9 Å². The minimum atomic E-state index is -0.466. The van der Waals surface area contributed by atoms with Crippen LogP contribution < -0.4 is 10.1 Å². The molecule has 0 heterocycles. The number of aliphatic hydroxyl groups is 2. The molecule has 1 aromatic carbocycles. The molecule has 4 heteroatoms. The number of ether oxygens (including phenoxy) is 1. The second-order valence-electron chi connectivity index (χ2n) is 4.58. The van der Waals surface area contributed by atoms with E-state index >= 15 is 0 Å². The van der Waals surface area contributed by atoms with Crippen molar-refractivity contribution in [3.8, 4) is 5.75 Å². The lowest BCUT2D eigenvalue weighted by molar-refractivity contribution is 0.0695. The summed E-state index contributed by atoms with van der Waals surface area (Å²) >= 11 is 0. The molecular formula is C13H21NO3. The van der Waals surface area contributed by atoms with Crippen LogP contribution in [-0.4, -0.2) is 37.1 Å². The van der Waals surface area contributed by atoms with Gasteiger partial charge in [0, 0.05) is 18.5 Å². The second-order valence-corrected chi connectivity index (χ2v) is 4.58. The molecule has 0 fully saturated rings. The Hall–Kier alpha value is -1.10. The zero-order chi connectivity index (χ0) is 12.7. The van der Waals surface area contributed by atoms with Gasteiger partial charge in [0.15, 0.2) is 0 Å². The van der Waals surface area contributed by atoms with Gasteiger partial charge in [0.05, 0.1) is 20.3 Å². The highest BCUT2D eigenvalue weighted by Crippen LogP contribution is 2.14. The number of hydrogen-bond acceptors (Lipinski definition) is 4. The van der Waals surface area contributed by atoms with Crippen LogP contribution in [0.2, 0.25) is 0 Å². The number of methoxy groups -OCH3 is 1. The van der Waals surface area contributed by atoms with Crippen molar-refractivity contribution >= 4 is 0 Å². The predicted octanol–water partition coefficient (Wildman–Crippen LogP) is 0.776. The highest BCUT2D eigenvalue weighted by atomic mass is 16.5.